The molecule has 0 unspecified atom stereocenters. The molecular weight excluding hydrogens is 328 g/mol. The molecule has 124 valence electrons. The highest BCUT2D eigenvalue weighted by atomic mass is 32.2. The fraction of sp³-hybridized carbons (Fsp3) is 0.500. The van der Waals surface area contributed by atoms with Crippen LogP contribution in [0.25, 0.3) is 0 Å². The van der Waals surface area contributed by atoms with Crippen LogP contribution in [0.1, 0.15) is 12.0 Å². The summed E-state index contributed by atoms with van der Waals surface area (Å²) < 4.78 is 53.0. The average molecular weight is 349 g/mol. The maximum Gasteiger partial charge on any atom is 0.266 e. The maximum absolute atomic E-state index is 14.0. The van der Waals surface area contributed by atoms with Gasteiger partial charge in [0.05, 0.1) is 11.3 Å². The molecule has 8 heteroatoms. The molecule has 0 heterocycles. The highest BCUT2D eigenvalue weighted by molar-refractivity contribution is 7.89. The predicted octanol–water partition coefficient (Wildman–Crippen LogP) is 3.04. The molecule has 0 saturated heterocycles. The zero-order valence-electron chi connectivity index (χ0n) is 13.4. The van der Waals surface area contributed by atoms with Gasteiger partial charge in [-0.15, -0.1) is 0 Å². The molecule has 0 N–H and O–H groups in total. The fourth-order valence-corrected chi connectivity index (χ4v) is 3.38. The lowest BCUT2D eigenvalue weighted by atomic mass is 10.2. The van der Waals surface area contributed by atoms with Crippen LogP contribution in [0.15, 0.2) is 29.2 Å². The normalized spacial score (nSPS) is 13.0. The molecule has 0 aliphatic heterocycles. The zero-order valence-corrected chi connectivity index (χ0v) is 15.2. The monoisotopic (exact) mass is 349 g/mol. The second-order valence-corrected chi connectivity index (χ2v) is 13.5. The first kappa shape index (κ1) is 18.8. The van der Waals surface area contributed by atoms with E-state index in [-0.39, 0.29) is 4.90 Å². The molecule has 0 saturated carbocycles. The molecule has 1 aromatic carbocycles. The SMILES string of the molecule is Cc1ccc(S(=O)(=O)N(C)C(=O)CC(F)(F)[Si](C)(C)C)cc1. The first-order valence-electron chi connectivity index (χ1n) is 6.75. The quantitative estimate of drug-likeness (QED) is 0.768. The molecule has 0 radical (unpaired) electrons. The molecule has 1 aromatic rings. The molecule has 0 fully saturated rings. The summed E-state index contributed by atoms with van der Waals surface area (Å²) in [6, 6.07) is 5.87. The van der Waals surface area contributed by atoms with Gasteiger partial charge in [-0.25, -0.2) is 21.5 Å². The molecule has 1 rings (SSSR count). The fourth-order valence-electron chi connectivity index (χ4n) is 1.57. The number of nitrogens with zero attached hydrogens (tertiary/aromatic N) is 1. The Kier molecular flexibility index (Phi) is 5.18. The summed E-state index contributed by atoms with van der Waals surface area (Å²) in [5, 5.41) is 0. The molecule has 1 amide bonds. The molecule has 0 aliphatic rings. The summed E-state index contributed by atoms with van der Waals surface area (Å²) in [4.78, 5) is 11.9. The Morgan fingerprint density at radius 2 is 1.64 bits per heavy atom. The van der Waals surface area contributed by atoms with Gasteiger partial charge in [-0.2, -0.15) is 0 Å². The Hall–Kier alpha value is -1.28. The number of halogens is 2. The van der Waals surface area contributed by atoms with Crippen LogP contribution in [0.4, 0.5) is 8.78 Å². The second-order valence-electron chi connectivity index (χ2n) is 6.31. The highest BCUT2D eigenvalue weighted by Crippen LogP contribution is 2.31. The van der Waals surface area contributed by atoms with E-state index in [1.165, 1.54) is 31.8 Å². The number of alkyl halides is 2. The van der Waals surface area contributed by atoms with Crippen molar-refractivity contribution in [3.05, 3.63) is 29.8 Å². The van der Waals surface area contributed by atoms with E-state index in [0.29, 0.717) is 4.31 Å². The largest absolute Gasteiger partial charge is 0.274 e. The van der Waals surface area contributed by atoms with E-state index in [9.17, 15) is 22.0 Å². The Labute approximate surface area is 131 Å². The van der Waals surface area contributed by atoms with Crippen LogP contribution < -0.4 is 0 Å². The molecule has 0 aliphatic carbocycles. The Morgan fingerprint density at radius 3 is 2.05 bits per heavy atom. The summed E-state index contributed by atoms with van der Waals surface area (Å²) in [6.07, 6.45) is -1.09. The third kappa shape index (κ3) is 3.92. The lowest BCUT2D eigenvalue weighted by molar-refractivity contribution is -0.129. The van der Waals surface area contributed by atoms with Gasteiger partial charge >= 0.3 is 0 Å². The van der Waals surface area contributed by atoms with Crippen molar-refractivity contribution in [2.75, 3.05) is 7.05 Å². The van der Waals surface area contributed by atoms with E-state index in [1.54, 1.807) is 19.1 Å². The Bertz CT molecular complexity index is 652. The standard InChI is InChI=1S/C14H21F2NO3SSi/c1-11-6-8-12(9-7-11)21(19,20)17(2)13(18)10-14(15,16)22(3,4)5/h6-9H,10H2,1-5H3. The first-order valence-corrected chi connectivity index (χ1v) is 11.7. The number of carbonyl (C=O) groups excluding carboxylic acids is 1. The number of hydrogen-bond acceptors (Lipinski definition) is 3. The molecule has 0 aromatic heterocycles. The minimum absolute atomic E-state index is 0.0923. The lowest BCUT2D eigenvalue weighted by Crippen LogP contribution is -2.49. The van der Waals surface area contributed by atoms with E-state index >= 15 is 0 Å². The van der Waals surface area contributed by atoms with Crippen LogP contribution in [-0.2, 0) is 14.8 Å². The number of benzene rings is 1. The van der Waals surface area contributed by atoms with Crippen molar-refractivity contribution in [2.45, 2.75) is 43.4 Å². The molecule has 22 heavy (non-hydrogen) atoms. The van der Waals surface area contributed by atoms with E-state index in [1.807, 2.05) is 0 Å². The smallest absolute Gasteiger partial charge is 0.266 e. The van der Waals surface area contributed by atoms with Crippen molar-refractivity contribution in [3.8, 4) is 0 Å². The summed E-state index contributed by atoms with van der Waals surface area (Å²) in [5.41, 5.74) is -2.31. The number of amides is 1. The molecular formula is C14H21F2NO3SSi. The predicted molar refractivity (Wildman–Crippen MR) is 84.0 cm³/mol. The Morgan fingerprint density at radius 1 is 1.18 bits per heavy atom. The van der Waals surface area contributed by atoms with Crippen molar-refractivity contribution < 1.29 is 22.0 Å². The highest BCUT2D eigenvalue weighted by Gasteiger charge is 2.47. The van der Waals surface area contributed by atoms with Crippen LogP contribution in [-0.4, -0.2) is 39.3 Å². The number of carbonyl (C=O) groups is 1. The van der Waals surface area contributed by atoms with Gasteiger partial charge in [0.15, 0.2) is 0 Å². The minimum Gasteiger partial charge on any atom is -0.274 e. The van der Waals surface area contributed by atoms with E-state index < -0.39 is 36.0 Å². The van der Waals surface area contributed by atoms with Gasteiger partial charge < -0.3 is 0 Å². The van der Waals surface area contributed by atoms with Crippen molar-refractivity contribution in [1.29, 1.82) is 0 Å². The third-order valence-electron chi connectivity index (χ3n) is 3.50. The third-order valence-corrected chi connectivity index (χ3v) is 7.67. The molecule has 4 nitrogen and oxygen atoms in total. The van der Waals surface area contributed by atoms with E-state index in [0.717, 1.165) is 12.6 Å². The number of sulfonamides is 1. The molecule has 0 atom stereocenters. The van der Waals surface area contributed by atoms with E-state index in [2.05, 4.69) is 0 Å². The summed E-state index contributed by atoms with van der Waals surface area (Å²) in [5.74, 6) is -1.10. The summed E-state index contributed by atoms with van der Waals surface area (Å²) in [7, 11) is -6.01. The number of hydrogen-bond donors (Lipinski definition) is 0. The van der Waals surface area contributed by atoms with E-state index in [4.69, 9.17) is 0 Å². The number of rotatable bonds is 5. The van der Waals surface area contributed by atoms with Gasteiger partial charge in [-0.1, -0.05) is 37.3 Å². The molecule has 0 spiro atoms. The van der Waals surface area contributed by atoms with Crippen LogP contribution in [0.3, 0.4) is 0 Å². The maximum atomic E-state index is 14.0. The van der Waals surface area contributed by atoms with Gasteiger partial charge in [0.1, 0.15) is 8.07 Å². The topological polar surface area (TPSA) is 54.5 Å². The van der Waals surface area contributed by atoms with Crippen LogP contribution >= 0.6 is 0 Å². The van der Waals surface area contributed by atoms with Crippen molar-refractivity contribution in [1.82, 2.24) is 4.31 Å². The van der Waals surface area contributed by atoms with Crippen LogP contribution in [0.5, 0.6) is 0 Å². The summed E-state index contributed by atoms with van der Waals surface area (Å²) in [6.45, 7) is 6.11. The van der Waals surface area contributed by atoms with Gasteiger partial charge in [0.25, 0.3) is 10.0 Å². The Balaban J connectivity index is 3.02. The van der Waals surface area contributed by atoms with Gasteiger partial charge in [0, 0.05) is 7.05 Å². The van der Waals surface area contributed by atoms with Crippen LogP contribution in [0, 0.1) is 6.92 Å². The molecule has 0 bridgehead atoms. The average Bonchev–Trinajstić information content (AvgIpc) is 2.36. The van der Waals surface area contributed by atoms with Gasteiger partial charge in [-0.05, 0) is 19.1 Å². The second kappa shape index (κ2) is 6.08. The van der Waals surface area contributed by atoms with Crippen molar-refractivity contribution in [2.24, 2.45) is 0 Å². The van der Waals surface area contributed by atoms with Crippen molar-refractivity contribution >= 4 is 24.0 Å². The zero-order chi connectivity index (χ0) is 17.3. The van der Waals surface area contributed by atoms with Crippen LogP contribution in [0.2, 0.25) is 19.6 Å². The number of aryl methyl sites for hydroxylation is 1. The van der Waals surface area contributed by atoms with Gasteiger partial charge in [-0.3, -0.25) is 4.79 Å². The summed E-state index contributed by atoms with van der Waals surface area (Å²) >= 11 is 0. The van der Waals surface area contributed by atoms with Gasteiger partial charge in [0.2, 0.25) is 11.5 Å². The van der Waals surface area contributed by atoms with Crippen molar-refractivity contribution in [3.63, 3.8) is 0 Å². The lowest BCUT2D eigenvalue weighted by Gasteiger charge is -2.29. The minimum atomic E-state index is -4.11. The first-order chi connectivity index (χ1) is 9.79.